The molecule has 0 aromatic heterocycles. The zero-order valence-electron chi connectivity index (χ0n) is 9.90. The first-order chi connectivity index (χ1) is 8.93. The lowest BCUT2D eigenvalue weighted by Crippen LogP contribution is -2.36. The number of benzene rings is 1. The molecule has 0 saturated heterocycles. The van der Waals surface area contributed by atoms with Crippen molar-refractivity contribution in [2.24, 2.45) is 0 Å². The van der Waals surface area contributed by atoms with Crippen molar-refractivity contribution in [3.8, 4) is 0 Å². The smallest absolute Gasteiger partial charge is 0.418 e. The fraction of sp³-hybridized carbons (Fsp3) is 0. The van der Waals surface area contributed by atoms with Gasteiger partial charge in [0, 0.05) is 0 Å². The van der Waals surface area contributed by atoms with Crippen LogP contribution in [0.2, 0.25) is 0 Å². The van der Waals surface area contributed by atoms with Crippen LogP contribution in [0.25, 0.3) is 0 Å². The first-order valence-electron chi connectivity index (χ1n) is 6.01. The van der Waals surface area contributed by atoms with E-state index in [0.717, 1.165) is 10.9 Å². The van der Waals surface area contributed by atoms with E-state index < -0.39 is 0 Å². The van der Waals surface area contributed by atoms with Crippen LogP contribution in [0.15, 0.2) is 73.0 Å². The van der Waals surface area contributed by atoms with Crippen molar-refractivity contribution in [1.29, 1.82) is 0 Å². The summed E-state index contributed by atoms with van der Waals surface area (Å²) in [4.78, 5) is 0. The quantitative estimate of drug-likeness (QED) is 0.719. The lowest BCUT2D eigenvalue weighted by molar-refractivity contribution is 0.507. The zero-order valence-corrected chi connectivity index (χ0v) is 9.90. The van der Waals surface area contributed by atoms with Crippen LogP contribution in [0.1, 0.15) is 0 Å². The van der Waals surface area contributed by atoms with Crippen molar-refractivity contribution in [2.75, 3.05) is 0 Å². The second-order valence-electron chi connectivity index (χ2n) is 4.21. The molecule has 0 atom stereocenters. The van der Waals surface area contributed by atoms with Crippen LogP contribution >= 0.6 is 0 Å². The van der Waals surface area contributed by atoms with Gasteiger partial charge in [0.15, 0.2) is 0 Å². The van der Waals surface area contributed by atoms with Gasteiger partial charge < -0.3 is 9.31 Å². The number of hydrogen-bond acceptors (Lipinski definition) is 2. The monoisotopic (exact) mass is 234 g/mol. The molecule has 2 aliphatic heterocycles. The van der Waals surface area contributed by atoms with E-state index in [1.807, 2.05) is 36.3 Å². The molecule has 0 amide bonds. The summed E-state index contributed by atoms with van der Waals surface area (Å²) >= 11 is 0. The maximum atomic E-state index is 5.53. The zero-order chi connectivity index (χ0) is 12.2. The molecule has 0 radical (unpaired) electrons. The van der Waals surface area contributed by atoms with Gasteiger partial charge in [0.1, 0.15) is 0 Å². The largest absolute Gasteiger partial charge is 0.557 e. The Kier molecular flexibility index (Phi) is 3.09. The van der Waals surface area contributed by atoms with Crippen molar-refractivity contribution >= 4 is 24.8 Å². The lowest BCUT2D eigenvalue weighted by Gasteiger charge is -2.14. The molecule has 0 N–H and O–H groups in total. The van der Waals surface area contributed by atoms with Crippen LogP contribution in [-0.2, 0) is 9.31 Å². The first kappa shape index (κ1) is 11.0. The van der Waals surface area contributed by atoms with Gasteiger partial charge in [-0.05, 0) is 23.1 Å². The third kappa shape index (κ3) is 2.28. The van der Waals surface area contributed by atoms with E-state index in [2.05, 4.69) is 24.3 Å². The van der Waals surface area contributed by atoms with Crippen LogP contribution in [0.4, 0.5) is 0 Å². The molecule has 0 aliphatic carbocycles. The molecule has 0 spiro atoms. The molecular weight excluding hydrogens is 222 g/mol. The van der Waals surface area contributed by atoms with E-state index in [0.29, 0.717) is 0 Å². The van der Waals surface area contributed by atoms with Gasteiger partial charge in [-0.25, -0.2) is 0 Å². The third-order valence-corrected chi connectivity index (χ3v) is 3.00. The number of hydrogen-bond donors (Lipinski definition) is 0. The van der Waals surface area contributed by atoms with Crippen LogP contribution in [0.3, 0.4) is 0 Å². The van der Waals surface area contributed by atoms with E-state index in [1.165, 1.54) is 0 Å². The minimum absolute atomic E-state index is 0.0202. The van der Waals surface area contributed by atoms with Crippen molar-refractivity contribution in [1.82, 2.24) is 0 Å². The normalized spacial score (nSPS) is 16.7. The minimum atomic E-state index is 0.0202. The topological polar surface area (TPSA) is 18.5 Å². The summed E-state index contributed by atoms with van der Waals surface area (Å²) in [6.07, 6.45) is 11.2. The lowest BCUT2D eigenvalue weighted by atomic mass is 9.57. The Labute approximate surface area is 108 Å². The van der Waals surface area contributed by atoms with Gasteiger partial charge in [-0.1, -0.05) is 48.4 Å². The molecule has 1 aromatic carbocycles. The van der Waals surface area contributed by atoms with Crippen LogP contribution < -0.4 is 10.9 Å². The average molecular weight is 234 g/mol. The van der Waals surface area contributed by atoms with Crippen molar-refractivity contribution < 1.29 is 9.31 Å². The van der Waals surface area contributed by atoms with Crippen LogP contribution in [-0.4, -0.2) is 13.8 Å². The molecule has 0 unspecified atom stereocenters. The highest BCUT2D eigenvalue weighted by molar-refractivity contribution is 6.74. The second kappa shape index (κ2) is 5.05. The molecule has 3 rings (SSSR count). The average Bonchev–Trinajstić information content (AvgIpc) is 2.49. The van der Waals surface area contributed by atoms with Crippen LogP contribution in [0.5, 0.6) is 0 Å². The first-order valence-corrected chi connectivity index (χ1v) is 6.01. The van der Waals surface area contributed by atoms with Gasteiger partial charge in [-0.15, -0.1) is 0 Å². The summed E-state index contributed by atoms with van der Waals surface area (Å²) in [6.45, 7) is 0.0403. The Morgan fingerprint density at radius 3 is 1.39 bits per heavy atom. The fourth-order valence-corrected chi connectivity index (χ4v) is 2.03. The van der Waals surface area contributed by atoms with Crippen molar-refractivity contribution in [3.05, 3.63) is 73.0 Å². The molecule has 0 saturated carbocycles. The highest BCUT2D eigenvalue weighted by Gasteiger charge is 2.20. The van der Waals surface area contributed by atoms with Gasteiger partial charge in [0.05, 0.1) is 12.5 Å². The molecule has 18 heavy (non-hydrogen) atoms. The van der Waals surface area contributed by atoms with E-state index in [9.17, 15) is 0 Å². The Hall–Kier alpha value is -2.09. The molecule has 1 aromatic rings. The minimum Gasteiger partial charge on any atom is -0.557 e. The Morgan fingerprint density at radius 1 is 0.611 bits per heavy atom. The summed E-state index contributed by atoms with van der Waals surface area (Å²) in [7, 11) is 0. The summed E-state index contributed by atoms with van der Waals surface area (Å²) in [5, 5.41) is 0. The van der Waals surface area contributed by atoms with Gasteiger partial charge in [0.2, 0.25) is 0 Å². The molecule has 4 heteroatoms. The molecule has 0 fully saturated rings. The van der Waals surface area contributed by atoms with E-state index in [4.69, 9.17) is 9.31 Å². The number of rotatable bonds is 2. The second-order valence-corrected chi connectivity index (χ2v) is 4.21. The van der Waals surface area contributed by atoms with Crippen molar-refractivity contribution in [2.45, 2.75) is 0 Å². The summed E-state index contributed by atoms with van der Waals surface area (Å²) in [5.41, 5.74) is 2.30. The molecule has 86 valence electrons. The molecule has 2 heterocycles. The van der Waals surface area contributed by atoms with Crippen LogP contribution in [0, 0.1) is 0 Å². The Balaban J connectivity index is 1.76. The summed E-state index contributed by atoms with van der Waals surface area (Å²) < 4.78 is 11.1. The van der Waals surface area contributed by atoms with E-state index >= 15 is 0 Å². The van der Waals surface area contributed by atoms with Gasteiger partial charge in [0.25, 0.3) is 0 Å². The Bertz CT molecular complexity index is 480. The van der Waals surface area contributed by atoms with E-state index in [1.54, 1.807) is 12.5 Å². The maximum absolute atomic E-state index is 5.53. The standard InChI is InChI=1S/C14H12B2O2/c1-3-11-17-15(9-1)13-5-7-14(8-6-13)16-10-2-4-12-18-16/h1-12H. The molecular formula is C14H12B2O2. The Morgan fingerprint density at radius 2 is 1.06 bits per heavy atom. The number of allylic oxidation sites excluding steroid dienone is 4. The predicted molar refractivity (Wildman–Crippen MR) is 75.9 cm³/mol. The molecule has 2 aliphatic rings. The highest BCUT2D eigenvalue weighted by atomic mass is 16.4. The molecule has 0 bridgehead atoms. The summed E-state index contributed by atoms with van der Waals surface area (Å²) in [5.74, 6) is 4.07. The maximum Gasteiger partial charge on any atom is 0.418 e. The predicted octanol–water partition coefficient (Wildman–Crippen LogP) is 1.36. The summed E-state index contributed by atoms with van der Waals surface area (Å²) in [6, 6.07) is 8.33. The highest BCUT2D eigenvalue weighted by Crippen LogP contribution is 2.02. The van der Waals surface area contributed by atoms with Crippen molar-refractivity contribution in [3.63, 3.8) is 0 Å². The van der Waals surface area contributed by atoms with Gasteiger partial charge in [-0.3, -0.25) is 0 Å². The molecule has 2 nitrogen and oxygen atoms in total. The van der Waals surface area contributed by atoms with Gasteiger partial charge in [-0.2, -0.15) is 0 Å². The van der Waals surface area contributed by atoms with E-state index in [-0.39, 0.29) is 13.8 Å². The van der Waals surface area contributed by atoms with Gasteiger partial charge >= 0.3 is 13.8 Å². The SMILES string of the molecule is C1=COB(c2ccc(B3C=CC=CO3)cc2)C=C1. The fourth-order valence-electron chi connectivity index (χ4n) is 2.03. The third-order valence-electron chi connectivity index (χ3n) is 3.00.